The number of amides is 2. The average Bonchev–Trinajstić information content (AvgIpc) is 2.65. The predicted octanol–water partition coefficient (Wildman–Crippen LogP) is 1.60. The summed E-state index contributed by atoms with van der Waals surface area (Å²) < 4.78 is 25.3. The molecule has 0 saturated carbocycles. The quantitative estimate of drug-likeness (QED) is 0.745. The Bertz CT molecular complexity index is 919. The molecule has 0 radical (unpaired) electrons. The van der Waals surface area contributed by atoms with Crippen LogP contribution in [-0.4, -0.2) is 38.9 Å². The second-order valence-electron chi connectivity index (χ2n) is 5.02. The van der Waals surface area contributed by atoms with Crippen molar-refractivity contribution in [2.24, 2.45) is 0 Å². The van der Waals surface area contributed by atoms with E-state index in [4.69, 9.17) is 11.6 Å². The normalized spacial score (nSPS) is 11.2. The molecule has 0 bridgehead atoms. The van der Waals surface area contributed by atoms with Crippen LogP contribution < -0.4 is 10.9 Å². The van der Waals surface area contributed by atoms with E-state index in [1.807, 2.05) is 0 Å². The van der Waals surface area contributed by atoms with Crippen LogP contribution in [0.15, 0.2) is 53.4 Å². The number of hydrazine groups is 1. The number of nitrogens with zero attached hydrogens (tertiary/aromatic N) is 1. The molecule has 2 rings (SSSR count). The standard InChI is InChI=1S/C16H16ClN3O5S/c1-20(25-2)26(23,24)14-10-12(8-9-13(14)17)16(22)19-18-15(21)11-6-4-3-5-7-11/h3-10H,1-2H3,(H,18,21)(H,19,22). The van der Waals surface area contributed by atoms with Crippen LogP contribution in [-0.2, 0) is 14.9 Å². The molecule has 0 unspecified atom stereocenters. The number of sulfonamides is 1. The van der Waals surface area contributed by atoms with Gasteiger partial charge in [-0.1, -0.05) is 34.3 Å². The minimum atomic E-state index is -4.04. The Morgan fingerprint density at radius 2 is 1.58 bits per heavy atom. The van der Waals surface area contributed by atoms with Crippen LogP contribution in [0.5, 0.6) is 0 Å². The van der Waals surface area contributed by atoms with Gasteiger partial charge in [0.1, 0.15) is 4.90 Å². The van der Waals surface area contributed by atoms with Crippen LogP contribution in [0.3, 0.4) is 0 Å². The summed E-state index contributed by atoms with van der Waals surface area (Å²) in [5.74, 6) is -1.22. The number of rotatable bonds is 5. The van der Waals surface area contributed by atoms with E-state index in [2.05, 4.69) is 15.7 Å². The highest BCUT2D eigenvalue weighted by atomic mass is 35.5. The van der Waals surface area contributed by atoms with E-state index >= 15 is 0 Å². The van der Waals surface area contributed by atoms with E-state index in [-0.39, 0.29) is 15.5 Å². The SMILES string of the molecule is CON(C)S(=O)(=O)c1cc(C(=O)NNC(=O)c2ccccc2)ccc1Cl. The lowest BCUT2D eigenvalue weighted by Gasteiger charge is -2.16. The average molecular weight is 398 g/mol. The highest BCUT2D eigenvalue weighted by molar-refractivity contribution is 7.89. The van der Waals surface area contributed by atoms with Gasteiger partial charge >= 0.3 is 0 Å². The van der Waals surface area contributed by atoms with E-state index in [9.17, 15) is 18.0 Å². The molecule has 2 aromatic rings. The summed E-state index contributed by atoms with van der Waals surface area (Å²) in [5.41, 5.74) is 4.81. The number of benzene rings is 2. The Balaban J connectivity index is 2.18. The van der Waals surface area contributed by atoms with Gasteiger partial charge in [0.2, 0.25) is 0 Å². The van der Waals surface area contributed by atoms with Gasteiger partial charge in [0.25, 0.3) is 21.8 Å². The largest absolute Gasteiger partial charge is 0.288 e. The Labute approximate surface area is 155 Å². The van der Waals surface area contributed by atoms with Gasteiger partial charge in [-0.2, -0.15) is 0 Å². The fourth-order valence-corrected chi connectivity index (χ4v) is 3.40. The van der Waals surface area contributed by atoms with E-state index in [1.165, 1.54) is 26.3 Å². The fourth-order valence-electron chi connectivity index (χ4n) is 1.93. The summed E-state index contributed by atoms with van der Waals surface area (Å²) in [7, 11) is -1.66. The Morgan fingerprint density at radius 1 is 1.00 bits per heavy atom. The van der Waals surface area contributed by atoms with Crippen molar-refractivity contribution in [3.63, 3.8) is 0 Å². The van der Waals surface area contributed by atoms with Crippen LogP contribution in [0.25, 0.3) is 0 Å². The maximum absolute atomic E-state index is 12.3. The Hall–Kier alpha value is -2.46. The van der Waals surface area contributed by atoms with E-state index in [1.54, 1.807) is 30.3 Å². The Kier molecular flexibility index (Phi) is 6.32. The number of halogens is 1. The first-order chi connectivity index (χ1) is 12.3. The molecule has 2 amide bonds. The minimum absolute atomic E-state index is 0.00848. The first-order valence-corrected chi connectivity index (χ1v) is 9.07. The van der Waals surface area contributed by atoms with Crippen molar-refractivity contribution in [1.82, 2.24) is 15.3 Å². The molecule has 0 atom stereocenters. The van der Waals surface area contributed by atoms with Crippen molar-refractivity contribution >= 4 is 33.4 Å². The van der Waals surface area contributed by atoms with Crippen molar-refractivity contribution in [3.05, 3.63) is 64.7 Å². The van der Waals surface area contributed by atoms with E-state index < -0.39 is 21.8 Å². The summed E-state index contributed by atoms with van der Waals surface area (Å²) in [6.45, 7) is 0. The topological polar surface area (TPSA) is 105 Å². The maximum Gasteiger partial charge on any atom is 0.269 e. The second kappa shape index (κ2) is 8.28. The highest BCUT2D eigenvalue weighted by Gasteiger charge is 2.25. The summed E-state index contributed by atoms with van der Waals surface area (Å²) in [4.78, 5) is 28.5. The van der Waals surface area contributed by atoms with E-state index in [0.29, 0.717) is 10.0 Å². The van der Waals surface area contributed by atoms with Gasteiger partial charge in [-0.25, -0.2) is 8.42 Å². The number of nitrogens with one attached hydrogen (secondary N) is 2. The summed E-state index contributed by atoms with van der Waals surface area (Å²) in [6.07, 6.45) is 0. The van der Waals surface area contributed by atoms with Crippen LogP contribution in [0, 0.1) is 0 Å². The lowest BCUT2D eigenvalue weighted by atomic mass is 10.2. The van der Waals surface area contributed by atoms with Gasteiger partial charge in [0.15, 0.2) is 0 Å². The van der Waals surface area contributed by atoms with Gasteiger partial charge in [-0.05, 0) is 30.3 Å². The third kappa shape index (κ3) is 4.38. The predicted molar refractivity (Wildman–Crippen MR) is 94.8 cm³/mol. The molecule has 0 fully saturated rings. The molecule has 0 aliphatic rings. The van der Waals surface area contributed by atoms with Gasteiger partial charge in [0, 0.05) is 18.2 Å². The van der Waals surface area contributed by atoms with Gasteiger partial charge in [0.05, 0.1) is 12.1 Å². The molecule has 0 aliphatic heterocycles. The van der Waals surface area contributed by atoms with E-state index in [0.717, 1.165) is 6.07 Å². The molecule has 138 valence electrons. The monoisotopic (exact) mass is 397 g/mol. The summed E-state index contributed by atoms with van der Waals surface area (Å²) in [6, 6.07) is 12.0. The van der Waals surface area contributed by atoms with Crippen molar-refractivity contribution in [2.45, 2.75) is 4.90 Å². The Morgan fingerprint density at radius 3 is 2.15 bits per heavy atom. The molecule has 8 nitrogen and oxygen atoms in total. The lowest BCUT2D eigenvalue weighted by molar-refractivity contribution is -0.0258. The number of hydroxylamine groups is 1. The smallest absolute Gasteiger partial charge is 0.269 e. The van der Waals surface area contributed by atoms with Gasteiger partial charge < -0.3 is 0 Å². The van der Waals surface area contributed by atoms with Gasteiger partial charge in [-0.3, -0.25) is 25.3 Å². The first kappa shape index (κ1) is 19.9. The molecule has 0 heterocycles. The lowest BCUT2D eigenvalue weighted by Crippen LogP contribution is -2.41. The summed E-state index contributed by atoms with van der Waals surface area (Å²) >= 11 is 5.93. The second-order valence-corrected chi connectivity index (χ2v) is 7.33. The molecule has 2 aromatic carbocycles. The minimum Gasteiger partial charge on any atom is -0.288 e. The molecule has 0 aliphatic carbocycles. The molecule has 0 saturated heterocycles. The maximum atomic E-state index is 12.3. The fraction of sp³-hybridized carbons (Fsp3) is 0.125. The van der Waals surface area contributed by atoms with Crippen LogP contribution >= 0.6 is 11.6 Å². The molecule has 0 spiro atoms. The molecular weight excluding hydrogens is 382 g/mol. The van der Waals surface area contributed by atoms with Crippen LogP contribution in [0.4, 0.5) is 0 Å². The van der Waals surface area contributed by atoms with Crippen LogP contribution in [0.2, 0.25) is 5.02 Å². The third-order valence-corrected chi connectivity index (χ3v) is 5.55. The van der Waals surface area contributed by atoms with Crippen molar-refractivity contribution in [2.75, 3.05) is 14.2 Å². The number of hydrogen-bond acceptors (Lipinski definition) is 5. The van der Waals surface area contributed by atoms with Crippen LogP contribution in [0.1, 0.15) is 20.7 Å². The zero-order valence-corrected chi connectivity index (χ0v) is 15.5. The first-order valence-electron chi connectivity index (χ1n) is 7.25. The zero-order chi connectivity index (χ0) is 19.3. The molecular formula is C16H16ClN3O5S. The molecule has 2 N–H and O–H groups in total. The number of carbonyl (C=O) groups excluding carboxylic acids is 2. The third-order valence-electron chi connectivity index (χ3n) is 3.39. The summed E-state index contributed by atoms with van der Waals surface area (Å²) in [5, 5.41) is -0.0706. The zero-order valence-electron chi connectivity index (χ0n) is 13.9. The molecule has 10 heteroatoms. The molecule has 0 aromatic heterocycles. The highest BCUT2D eigenvalue weighted by Crippen LogP contribution is 2.25. The number of hydrogen-bond donors (Lipinski definition) is 2. The van der Waals surface area contributed by atoms with Crippen molar-refractivity contribution < 1.29 is 22.8 Å². The number of carbonyl (C=O) groups is 2. The van der Waals surface area contributed by atoms with Crippen molar-refractivity contribution in [1.29, 1.82) is 0 Å². The van der Waals surface area contributed by atoms with Crippen molar-refractivity contribution in [3.8, 4) is 0 Å². The van der Waals surface area contributed by atoms with Gasteiger partial charge in [-0.15, -0.1) is 0 Å². The molecule has 26 heavy (non-hydrogen) atoms.